The van der Waals surface area contributed by atoms with Gasteiger partial charge in [-0.05, 0) is 0 Å². The van der Waals surface area contributed by atoms with Gasteiger partial charge in [0.1, 0.15) is 0 Å². The Balaban J connectivity index is 2.16. The van der Waals surface area contributed by atoms with Crippen molar-refractivity contribution in [2.75, 3.05) is 18.0 Å². The number of nitrogens with zero attached hydrogens (tertiary/aromatic N) is 1. The van der Waals surface area contributed by atoms with Gasteiger partial charge in [0.05, 0.1) is 0 Å². The summed E-state index contributed by atoms with van der Waals surface area (Å²) in [6.45, 7) is 8.20. The van der Waals surface area contributed by atoms with Crippen LogP contribution in [0.1, 0.15) is 22.3 Å². The summed E-state index contributed by atoms with van der Waals surface area (Å²) in [4.78, 5) is 2.29. The number of nitrogens with one attached hydrogen (secondary N) is 1. The minimum atomic E-state index is -3.14. The average Bonchev–Trinajstić information content (AvgIpc) is 2.97. The Morgan fingerprint density at radius 3 is 2.29 bits per heavy atom. The van der Waals surface area contributed by atoms with Crippen LogP contribution in [0.5, 0.6) is 0 Å². The zero-order valence-corrected chi connectivity index (χ0v) is 17.3. The molecule has 1 heterocycles. The van der Waals surface area contributed by atoms with Gasteiger partial charge in [-0.1, -0.05) is 0 Å². The molecule has 0 amide bonds. The average molecular weight is 450 g/mol. The first-order chi connectivity index (χ1) is 11.4. The van der Waals surface area contributed by atoms with E-state index < -0.39 is 11.9 Å². The predicted octanol–water partition coefficient (Wildman–Crippen LogP) is 4.42. The van der Waals surface area contributed by atoms with Gasteiger partial charge in [-0.25, -0.2) is 0 Å². The maximum atomic E-state index is 6.90. The quantitative estimate of drug-likeness (QED) is 0.682. The van der Waals surface area contributed by atoms with Crippen LogP contribution >= 0.6 is 19.4 Å². The molecule has 2 aromatic carbocycles. The number of hydrogen-bond acceptors (Lipinski definition) is 2. The van der Waals surface area contributed by atoms with E-state index in [1.165, 1.54) is 22.4 Å². The van der Waals surface area contributed by atoms with Gasteiger partial charge in [-0.2, -0.15) is 0 Å². The fraction of sp³-hybridized carbons (Fsp3) is 0.263. The fourth-order valence-electron chi connectivity index (χ4n) is 3.19. The van der Waals surface area contributed by atoms with Crippen molar-refractivity contribution in [1.29, 1.82) is 0 Å². The van der Waals surface area contributed by atoms with E-state index in [0.29, 0.717) is 0 Å². The Morgan fingerprint density at radius 1 is 1.04 bits per heavy atom. The van der Waals surface area contributed by atoms with E-state index in [2.05, 4.69) is 47.7 Å². The van der Waals surface area contributed by atoms with Crippen LogP contribution in [0.3, 0.4) is 0 Å². The van der Waals surface area contributed by atoms with Crippen molar-refractivity contribution in [3.8, 4) is 0 Å². The summed E-state index contributed by atoms with van der Waals surface area (Å²) in [5.74, 6) is 0. The monoisotopic (exact) mass is 450 g/mol. The molecule has 1 aliphatic heterocycles. The van der Waals surface area contributed by atoms with Gasteiger partial charge in [0.25, 0.3) is 0 Å². The molecule has 1 N–H and O–H groups in total. The second kappa shape index (κ2) is 7.18. The van der Waals surface area contributed by atoms with E-state index in [1.54, 1.807) is 0 Å². The zero-order valence-electron chi connectivity index (χ0n) is 14.1. The number of hydrogen-bond donors (Lipinski definition) is 1. The zero-order chi connectivity index (χ0) is 17.3. The molecular weight excluding hydrogens is 428 g/mol. The van der Waals surface area contributed by atoms with E-state index >= 15 is 0 Å². The standard InChI is InChI=1S/C12H16N2.C7H6.2ClH.Ru/c1-9-6-10(2)12(11(3)7-9)14-5-4-13-8-14;1-7-5-3-2-4-6-7;;;/h6-7,13H,4-5H2,1-3H3;1-6H;2*1H;/q;;;;+2/p-2. The molecule has 24 heavy (non-hydrogen) atoms. The van der Waals surface area contributed by atoms with Crippen molar-refractivity contribution in [1.82, 2.24) is 5.32 Å². The third-order valence-electron chi connectivity index (χ3n) is 4.01. The Kier molecular flexibility index (Phi) is 5.37. The SMILES string of the molecule is Cc1cc(C)c(N2CCN[C]2=[Ru]([Cl])([Cl])=[CH]c2ccccc2)c(C)c1. The molecule has 0 spiro atoms. The molecule has 0 aliphatic carbocycles. The van der Waals surface area contributed by atoms with Crippen LogP contribution in [-0.4, -0.2) is 22.1 Å². The third-order valence-corrected chi connectivity index (χ3v) is 9.50. The summed E-state index contributed by atoms with van der Waals surface area (Å²) in [5.41, 5.74) is 6.11. The normalized spacial score (nSPS) is 15.7. The fourth-order valence-corrected chi connectivity index (χ4v) is 8.60. The van der Waals surface area contributed by atoms with Crippen molar-refractivity contribution < 1.29 is 11.9 Å². The molecule has 2 nitrogen and oxygen atoms in total. The van der Waals surface area contributed by atoms with Crippen molar-refractivity contribution in [2.24, 2.45) is 0 Å². The molecular formula is C19H22Cl2N2Ru. The second-order valence-corrected chi connectivity index (χ2v) is 15.3. The summed E-state index contributed by atoms with van der Waals surface area (Å²) in [6.07, 6.45) is 0. The minimum absolute atomic E-state index is 0.868. The second-order valence-electron chi connectivity index (χ2n) is 6.06. The van der Waals surface area contributed by atoms with Gasteiger partial charge in [0.2, 0.25) is 0 Å². The molecule has 1 fully saturated rings. The first-order valence-electron chi connectivity index (χ1n) is 7.87. The van der Waals surface area contributed by atoms with Gasteiger partial charge in [-0.15, -0.1) is 0 Å². The number of aryl methyl sites for hydroxylation is 3. The molecule has 1 saturated heterocycles. The van der Waals surface area contributed by atoms with E-state index in [-0.39, 0.29) is 0 Å². The summed E-state index contributed by atoms with van der Waals surface area (Å²) in [7, 11) is 13.8. The summed E-state index contributed by atoms with van der Waals surface area (Å²) >= 11 is -3.14. The van der Waals surface area contributed by atoms with E-state index in [4.69, 9.17) is 19.4 Å². The van der Waals surface area contributed by atoms with Crippen LogP contribution in [0.15, 0.2) is 42.5 Å². The molecule has 1 aliphatic rings. The van der Waals surface area contributed by atoms with Gasteiger partial charge in [-0.3, -0.25) is 0 Å². The predicted molar refractivity (Wildman–Crippen MR) is 104 cm³/mol. The Hall–Kier alpha value is -0.857. The van der Waals surface area contributed by atoms with Crippen molar-refractivity contribution in [2.45, 2.75) is 20.8 Å². The Labute approximate surface area is 154 Å². The van der Waals surface area contributed by atoms with Crippen molar-refractivity contribution in [3.63, 3.8) is 0 Å². The first kappa shape index (κ1) is 18.0. The maximum absolute atomic E-state index is 6.90. The van der Waals surface area contributed by atoms with Crippen LogP contribution in [0.25, 0.3) is 0 Å². The van der Waals surface area contributed by atoms with Gasteiger partial charge in [0.15, 0.2) is 0 Å². The number of halogens is 2. The van der Waals surface area contributed by atoms with E-state index in [9.17, 15) is 0 Å². The summed E-state index contributed by atoms with van der Waals surface area (Å²) < 4.78 is 3.05. The molecule has 0 bridgehead atoms. The molecule has 3 rings (SSSR count). The van der Waals surface area contributed by atoms with Crippen LogP contribution < -0.4 is 10.2 Å². The summed E-state index contributed by atoms with van der Waals surface area (Å²) in [6, 6.07) is 14.5. The third kappa shape index (κ3) is 3.70. The number of rotatable bonds is 2. The van der Waals surface area contributed by atoms with E-state index in [1.807, 2.05) is 30.3 Å². The van der Waals surface area contributed by atoms with Crippen LogP contribution in [-0.2, 0) is 11.9 Å². The van der Waals surface area contributed by atoms with Gasteiger partial charge < -0.3 is 0 Å². The van der Waals surface area contributed by atoms with Gasteiger partial charge >= 0.3 is 155 Å². The summed E-state index contributed by atoms with van der Waals surface area (Å²) in [5, 5.41) is 3.46. The van der Waals surface area contributed by atoms with Crippen LogP contribution in [0.4, 0.5) is 5.69 Å². The Morgan fingerprint density at radius 2 is 1.67 bits per heavy atom. The van der Waals surface area contributed by atoms with Crippen molar-refractivity contribution >= 4 is 34.0 Å². The molecule has 2 aromatic rings. The number of benzene rings is 2. The first-order valence-corrected chi connectivity index (χ1v) is 14.2. The molecule has 0 aromatic heterocycles. The van der Waals surface area contributed by atoms with Crippen molar-refractivity contribution in [3.05, 3.63) is 64.7 Å². The molecule has 5 heteroatoms. The number of anilines is 1. The molecule has 0 atom stereocenters. The molecule has 0 saturated carbocycles. The van der Waals surface area contributed by atoms with Gasteiger partial charge in [0, 0.05) is 0 Å². The van der Waals surface area contributed by atoms with Crippen LogP contribution in [0.2, 0.25) is 0 Å². The van der Waals surface area contributed by atoms with Crippen LogP contribution in [0, 0.1) is 20.8 Å². The topological polar surface area (TPSA) is 15.3 Å². The molecule has 0 radical (unpaired) electrons. The van der Waals surface area contributed by atoms with E-state index in [0.717, 1.165) is 23.0 Å². The Bertz CT molecular complexity index is 850. The molecule has 130 valence electrons. The molecule has 0 unspecified atom stereocenters.